The normalized spacial score (nSPS) is 10.2. The van der Waals surface area contributed by atoms with E-state index >= 15 is 0 Å². The molecule has 0 aliphatic carbocycles. The van der Waals surface area contributed by atoms with E-state index in [0.717, 1.165) is 0 Å². The second-order valence-electron chi connectivity index (χ2n) is 3.88. The summed E-state index contributed by atoms with van der Waals surface area (Å²) in [5.41, 5.74) is 0.294. The number of hydrogen-bond acceptors (Lipinski definition) is 5. The quantitative estimate of drug-likeness (QED) is 0.712. The van der Waals surface area contributed by atoms with Crippen molar-refractivity contribution in [1.82, 2.24) is 9.88 Å². The predicted octanol–water partition coefficient (Wildman–Crippen LogP) is 1.39. The van der Waals surface area contributed by atoms with Crippen molar-refractivity contribution in [3.8, 4) is 0 Å². The van der Waals surface area contributed by atoms with Gasteiger partial charge in [-0.2, -0.15) is 0 Å². The van der Waals surface area contributed by atoms with Gasteiger partial charge in [-0.05, 0) is 13.0 Å². The second kappa shape index (κ2) is 8.50. The van der Waals surface area contributed by atoms with E-state index in [2.05, 4.69) is 4.98 Å². The van der Waals surface area contributed by atoms with Crippen LogP contribution in [0.1, 0.15) is 17.3 Å². The first-order valence-electron chi connectivity index (χ1n) is 6.13. The van der Waals surface area contributed by atoms with Crippen molar-refractivity contribution < 1.29 is 19.1 Å². The topological polar surface area (TPSA) is 68.7 Å². The van der Waals surface area contributed by atoms with Gasteiger partial charge in [-0.1, -0.05) is 11.6 Å². The van der Waals surface area contributed by atoms with Crippen LogP contribution in [0.25, 0.3) is 0 Å². The number of hydrogen-bond donors (Lipinski definition) is 0. The molecule has 1 aromatic rings. The monoisotopic (exact) mass is 300 g/mol. The molecule has 0 aliphatic rings. The van der Waals surface area contributed by atoms with Crippen LogP contribution < -0.4 is 0 Å². The zero-order chi connectivity index (χ0) is 15.0. The van der Waals surface area contributed by atoms with Crippen LogP contribution >= 0.6 is 11.6 Å². The summed E-state index contributed by atoms with van der Waals surface area (Å²) in [6.45, 7) is 2.41. The highest BCUT2D eigenvalue weighted by atomic mass is 35.5. The lowest BCUT2D eigenvalue weighted by Crippen LogP contribution is -2.38. The zero-order valence-electron chi connectivity index (χ0n) is 11.5. The lowest BCUT2D eigenvalue weighted by Gasteiger charge is -2.21. The number of esters is 1. The van der Waals surface area contributed by atoms with Crippen molar-refractivity contribution in [2.24, 2.45) is 0 Å². The second-order valence-corrected chi connectivity index (χ2v) is 4.29. The van der Waals surface area contributed by atoms with Crippen molar-refractivity contribution in [1.29, 1.82) is 0 Å². The Morgan fingerprint density at radius 1 is 1.45 bits per heavy atom. The largest absolute Gasteiger partial charge is 0.465 e. The van der Waals surface area contributed by atoms with Crippen molar-refractivity contribution in [3.05, 3.63) is 29.0 Å². The molecule has 0 aromatic carbocycles. The summed E-state index contributed by atoms with van der Waals surface area (Å²) in [5.74, 6) is -0.829. The van der Waals surface area contributed by atoms with E-state index in [-0.39, 0.29) is 30.6 Å². The average molecular weight is 301 g/mol. The van der Waals surface area contributed by atoms with E-state index in [0.29, 0.717) is 12.2 Å². The highest BCUT2D eigenvalue weighted by Crippen LogP contribution is 2.15. The molecule has 0 aliphatic heterocycles. The average Bonchev–Trinajstić information content (AvgIpc) is 2.43. The molecule has 20 heavy (non-hydrogen) atoms. The number of ether oxygens (including phenoxy) is 2. The molecule has 0 spiro atoms. The fourth-order valence-electron chi connectivity index (χ4n) is 1.54. The van der Waals surface area contributed by atoms with Gasteiger partial charge in [0.2, 0.25) is 0 Å². The lowest BCUT2D eigenvalue weighted by molar-refractivity contribution is -0.143. The number of aromatic nitrogens is 1. The molecule has 0 N–H and O–H groups in total. The molecule has 110 valence electrons. The van der Waals surface area contributed by atoms with E-state index in [4.69, 9.17) is 21.1 Å². The maximum Gasteiger partial charge on any atom is 0.325 e. The standard InChI is InChI=1S/C13H17ClN2O4/c1-3-20-12(17)9-16(6-7-19-2)13(18)10-4-5-15-8-11(10)14/h4-5,8H,3,6-7,9H2,1-2H3. The van der Waals surface area contributed by atoms with Crippen LogP contribution in [0.4, 0.5) is 0 Å². The molecule has 1 amide bonds. The molecule has 0 bridgehead atoms. The molecule has 1 rings (SSSR count). The van der Waals surface area contributed by atoms with Crippen LogP contribution in [0.3, 0.4) is 0 Å². The molecule has 6 nitrogen and oxygen atoms in total. The van der Waals surface area contributed by atoms with Crippen molar-refractivity contribution in [2.75, 3.05) is 33.4 Å². The van der Waals surface area contributed by atoms with Crippen molar-refractivity contribution in [3.63, 3.8) is 0 Å². The number of rotatable bonds is 7. The molecule has 0 atom stereocenters. The van der Waals surface area contributed by atoms with Crippen LogP contribution in [0.15, 0.2) is 18.5 Å². The Kier molecular flexibility index (Phi) is 6.97. The third kappa shape index (κ3) is 4.79. The van der Waals surface area contributed by atoms with Crippen LogP contribution in [-0.2, 0) is 14.3 Å². The number of methoxy groups -OCH3 is 1. The summed E-state index contributed by atoms with van der Waals surface area (Å²) >= 11 is 5.94. The van der Waals surface area contributed by atoms with E-state index in [1.165, 1.54) is 30.5 Å². The van der Waals surface area contributed by atoms with Gasteiger partial charge < -0.3 is 14.4 Å². The minimum atomic E-state index is -0.470. The Hall–Kier alpha value is -1.66. The van der Waals surface area contributed by atoms with Gasteiger partial charge in [0.05, 0.1) is 23.8 Å². The Labute approximate surface area is 122 Å². The molecular weight excluding hydrogens is 284 g/mol. The van der Waals surface area contributed by atoms with Gasteiger partial charge in [-0.15, -0.1) is 0 Å². The van der Waals surface area contributed by atoms with Gasteiger partial charge in [0.1, 0.15) is 6.54 Å². The highest BCUT2D eigenvalue weighted by Gasteiger charge is 2.21. The number of halogens is 1. The number of carbonyl (C=O) groups excluding carboxylic acids is 2. The molecule has 1 aromatic heterocycles. The number of nitrogens with zero attached hydrogens (tertiary/aromatic N) is 2. The zero-order valence-corrected chi connectivity index (χ0v) is 12.2. The maximum absolute atomic E-state index is 12.4. The molecule has 0 saturated carbocycles. The summed E-state index contributed by atoms with van der Waals surface area (Å²) in [6.07, 6.45) is 2.85. The molecule has 0 fully saturated rings. The summed E-state index contributed by atoms with van der Waals surface area (Å²) in [7, 11) is 1.52. The fourth-order valence-corrected chi connectivity index (χ4v) is 1.74. The summed E-state index contributed by atoms with van der Waals surface area (Å²) in [4.78, 5) is 29.1. The molecule has 0 radical (unpaired) electrons. The Morgan fingerprint density at radius 3 is 2.80 bits per heavy atom. The van der Waals surface area contributed by atoms with Gasteiger partial charge in [-0.3, -0.25) is 14.6 Å². The highest BCUT2D eigenvalue weighted by molar-refractivity contribution is 6.33. The van der Waals surface area contributed by atoms with E-state index < -0.39 is 5.97 Å². The van der Waals surface area contributed by atoms with Crippen LogP contribution in [0, 0.1) is 0 Å². The predicted molar refractivity (Wildman–Crippen MR) is 73.7 cm³/mol. The Morgan fingerprint density at radius 2 is 2.20 bits per heavy atom. The fraction of sp³-hybridized carbons (Fsp3) is 0.462. The Bertz CT molecular complexity index is 467. The third-order valence-electron chi connectivity index (χ3n) is 2.48. The molecular formula is C13H17ClN2O4. The van der Waals surface area contributed by atoms with Crippen molar-refractivity contribution >= 4 is 23.5 Å². The minimum Gasteiger partial charge on any atom is -0.465 e. The van der Waals surface area contributed by atoms with Gasteiger partial charge >= 0.3 is 5.97 Å². The first-order chi connectivity index (χ1) is 9.60. The first-order valence-corrected chi connectivity index (χ1v) is 6.51. The smallest absolute Gasteiger partial charge is 0.325 e. The molecule has 7 heteroatoms. The minimum absolute atomic E-state index is 0.144. The van der Waals surface area contributed by atoms with Crippen LogP contribution in [0.5, 0.6) is 0 Å². The molecule has 0 saturated heterocycles. The van der Waals surface area contributed by atoms with Gasteiger partial charge in [0, 0.05) is 26.0 Å². The first kappa shape index (κ1) is 16.4. The van der Waals surface area contributed by atoms with Crippen LogP contribution in [0.2, 0.25) is 5.02 Å². The SMILES string of the molecule is CCOC(=O)CN(CCOC)C(=O)c1ccncc1Cl. The Balaban J connectivity index is 2.84. The third-order valence-corrected chi connectivity index (χ3v) is 2.78. The van der Waals surface area contributed by atoms with E-state index in [1.54, 1.807) is 6.92 Å². The number of amides is 1. The summed E-state index contributed by atoms with van der Waals surface area (Å²) in [5, 5.41) is 0.240. The van der Waals surface area contributed by atoms with Gasteiger partial charge in [-0.25, -0.2) is 0 Å². The maximum atomic E-state index is 12.4. The lowest BCUT2D eigenvalue weighted by atomic mass is 10.2. The summed E-state index contributed by atoms with van der Waals surface area (Å²) < 4.78 is 9.79. The summed E-state index contributed by atoms with van der Waals surface area (Å²) in [6, 6.07) is 1.51. The van der Waals surface area contributed by atoms with E-state index in [1.807, 2.05) is 0 Å². The van der Waals surface area contributed by atoms with Crippen LogP contribution in [-0.4, -0.2) is 55.2 Å². The molecule has 1 heterocycles. The molecule has 0 unspecified atom stereocenters. The van der Waals surface area contributed by atoms with Gasteiger partial charge in [0.15, 0.2) is 0 Å². The number of carbonyl (C=O) groups is 2. The number of pyridine rings is 1. The van der Waals surface area contributed by atoms with E-state index in [9.17, 15) is 9.59 Å². The van der Waals surface area contributed by atoms with Crippen molar-refractivity contribution in [2.45, 2.75) is 6.92 Å². The van der Waals surface area contributed by atoms with Gasteiger partial charge in [0.25, 0.3) is 5.91 Å².